The summed E-state index contributed by atoms with van der Waals surface area (Å²) < 4.78 is 0. The number of amides is 1. The standard InChI is InChI=1S/C14H20N2O/c1-4-9-15-10-16(14(17)12(15)3)13-8-6-5-7-11(13)2/h5-8,12H,4,9-10H2,1-3H3. The van der Waals surface area contributed by atoms with Crippen LogP contribution in [0.25, 0.3) is 0 Å². The van der Waals surface area contributed by atoms with E-state index in [-0.39, 0.29) is 11.9 Å². The molecule has 1 aromatic carbocycles. The molecule has 1 fully saturated rings. The maximum atomic E-state index is 12.2. The second kappa shape index (κ2) is 4.88. The summed E-state index contributed by atoms with van der Waals surface area (Å²) in [7, 11) is 0. The first-order valence-corrected chi connectivity index (χ1v) is 6.26. The molecule has 1 atom stereocenters. The third kappa shape index (κ3) is 2.20. The van der Waals surface area contributed by atoms with Crippen molar-refractivity contribution in [3.05, 3.63) is 29.8 Å². The van der Waals surface area contributed by atoms with Crippen molar-refractivity contribution in [2.45, 2.75) is 33.2 Å². The molecule has 3 heteroatoms. The summed E-state index contributed by atoms with van der Waals surface area (Å²) in [4.78, 5) is 16.4. The quantitative estimate of drug-likeness (QED) is 0.799. The predicted octanol–water partition coefficient (Wildman–Crippen LogP) is 2.40. The first kappa shape index (κ1) is 12.1. The summed E-state index contributed by atoms with van der Waals surface area (Å²) >= 11 is 0. The molecule has 0 spiro atoms. The number of nitrogens with zero attached hydrogens (tertiary/aromatic N) is 2. The van der Waals surface area contributed by atoms with Crippen molar-refractivity contribution in [1.29, 1.82) is 0 Å². The van der Waals surface area contributed by atoms with Gasteiger partial charge in [-0.15, -0.1) is 0 Å². The summed E-state index contributed by atoms with van der Waals surface area (Å²) in [5.41, 5.74) is 2.20. The molecule has 0 N–H and O–H groups in total. The summed E-state index contributed by atoms with van der Waals surface area (Å²) in [5, 5.41) is 0. The smallest absolute Gasteiger partial charge is 0.245 e. The molecular weight excluding hydrogens is 212 g/mol. The highest BCUT2D eigenvalue weighted by Gasteiger charge is 2.35. The van der Waals surface area contributed by atoms with Crippen molar-refractivity contribution in [3.63, 3.8) is 0 Å². The van der Waals surface area contributed by atoms with E-state index in [2.05, 4.69) is 24.8 Å². The lowest BCUT2D eigenvalue weighted by Gasteiger charge is -2.19. The van der Waals surface area contributed by atoms with Crippen LogP contribution in [-0.2, 0) is 4.79 Å². The molecule has 0 saturated carbocycles. The van der Waals surface area contributed by atoms with Crippen LogP contribution >= 0.6 is 0 Å². The van der Waals surface area contributed by atoms with Crippen LogP contribution in [0.5, 0.6) is 0 Å². The number of aryl methyl sites for hydroxylation is 1. The monoisotopic (exact) mass is 232 g/mol. The molecule has 1 amide bonds. The van der Waals surface area contributed by atoms with Gasteiger partial charge in [0.1, 0.15) is 0 Å². The van der Waals surface area contributed by atoms with Gasteiger partial charge in [-0.1, -0.05) is 25.1 Å². The van der Waals surface area contributed by atoms with Crippen LogP contribution in [-0.4, -0.2) is 30.1 Å². The van der Waals surface area contributed by atoms with E-state index < -0.39 is 0 Å². The zero-order valence-corrected chi connectivity index (χ0v) is 10.8. The van der Waals surface area contributed by atoms with Crippen LogP contribution in [0, 0.1) is 6.92 Å². The van der Waals surface area contributed by atoms with E-state index >= 15 is 0 Å². The number of carbonyl (C=O) groups is 1. The highest BCUT2D eigenvalue weighted by atomic mass is 16.2. The summed E-state index contributed by atoms with van der Waals surface area (Å²) in [5.74, 6) is 0.216. The van der Waals surface area contributed by atoms with Gasteiger partial charge in [-0.25, -0.2) is 0 Å². The topological polar surface area (TPSA) is 23.6 Å². The molecule has 0 radical (unpaired) electrons. The van der Waals surface area contributed by atoms with Crippen molar-refractivity contribution < 1.29 is 4.79 Å². The Hall–Kier alpha value is -1.35. The van der Waals surface area contributed by atoms with Crippen LogP contribution < -0.4 is 4.90 Å². The van der Waals surface area contributed by atoms with E-state index in [1.165, 1.54) is 0 Å². The Kier molecular flexibility index (Phi) is 3.48. The minimum absolute atomic E-state index is 0.00885. The number of hydrogen-bond acceptors (Lipinski definition) is 2. The predicted molar refractivity (Wildman–Crippen MR) is 70.0 cm³/mol. The fourth-order valence-electron chi connectivity index (χ4n) is 2.37. The summed E-state index contributed by atoms with van der Waals surface area (Å²) in [6.07, 6.45) is 1.08. The Bertz CT molecular complexity index is 416. The largest absolute Gasteiger partial charge is 0.297 e. The lowest BCUT2D eigenvalue weighted by Crippen LogP contribution is -2.30. The lowest BCUT2D eigenvalue weighted by atomic mass is 10.2. The molecule has 0 bridgehead atoms. The van der Waals surface area contributed by atoms with Gasteiger partial charge in [0.15, 0.2) is 0 Å². The van der Waals surface area contributed by atoms with Gasteiger partial charge < -0.3 is 0 Å². The van der Waals surface area contributed by atoms with Crippen LogP contribution in [0.2, 0.25) is 0 Å². The number of carbonyl (C=O) groups excluding carboxylic acids is 1. The molecule has 1 unspecified atom stereocenters. The van der Waals surface area contributed by atoms with E-state index in [4.69, 9.17) is 0 Å². The molecule has 1 heterocycles. The Morgan fingerprint density at radius 1 is 1.35 bits per heavy atom. The Morgan fingerprint density at radius 3 is 2.71 bits per heavy atom. The van der Waals surface area contributed by atoms with Crippen molar-refractivity contribution >= 4 is 11.6 Å². The average molecular weight is 232 g/mol. The zero-order chi connectivity index (χ0) is 12.4. The first-order valence-electron chi connectivity index (χ1n) is 6.26. The van der Waals surface area contributed by atoms with Crippen LogP contribution in [0.15, 0.2) is 24.3 Å². The first-order chi connectivity index (χ1) is 8.15. The van der Waals surface area contributed by atoms with Gasteiger partial charge in [-0.3, -0.25) is 14.6 Å². The highest BCUT2D eigenvalue weighted by molar-refractivity contribution is 5.99. The Labute approximate surface area is 103 Å². The van der Waals surface area contributed by atoms with Gasteiger partial charge in [0.25, 0.3) is 0 Å². The number of rotatable bonds is 3. The maximum Gasteiger partial charge on any atom is 0.245 e. The fraction of sp³-hybridized carbons (Fsp3) is 0.500. The number of benzene rings is 1. The second-order valence-electron chi connectivity index (χ2n) is 4.68. The number of anilines is 1. The van der Waals surface area contributed by atoms with Crippen molar-refractivity contribution in [2.24, 2.45) is 0 Å². The minimum atomic E-state index is 0.00885. The molecule has 2 rings (SSSR count). The summed E-state index contributed by atoms with van der Waals surface area (Å²) in [6.45, 7) is 7.90. The number of para-hydroxylation sites is 1. The van der Waals surface area contributed by atoms with Crippen LogP contribution in [0.3, 0.4) is 0 Å². The molecule has 3 nitrogen and oxygen atoms in total. The molecule has 17 heavy (non-hydrogen) atoms. The van der Waals surface area contributed by atoms with Gasteiger partial charge in [0, 0.05) is 12.2 Å². The molecule has 1 aliphatic heterocycles. The summed E-state index contributed by atoms with van der Waals surface area (Å²) in [6, 6.07) is 8.08. The molecule has 0 aliphatic carbocycles. The van der Waals surface area contributed by atoms with Gasteiger partial charge in [-0.05, 0) is 31.9 Å². The molecule has 92 valence electrons. The number of hydrogen-bond donors (Lipinski definition) is 0. The SMILES string of the molecule is CCCN1CN(c2ccccc2C)C(=O)C1C. The van der Waals surface area contributed by atoms with E-state index in [9.17, 15) is 4.79 Å². The second-order valence-corrected chi connectivity index (χ2v) is 4.68. The van der Waals surface area contributed by atoms with E-state index in [0.29, 0.717) is 0 Å². The van der Waals surface area contributed by atoms with Crippen molar-refractivity contribution in [2.75, 3.05) is 18.1 Å². The lowest BCUT2D eigenvalue weighted by molar-refractivity contribution is -0.119. The van der Waals surface area contributed by atoms with E-state index in [1.54, 1.807) is 0 Å². The normalized spacial score (nSPS) is 21.2. The van der Waals surface area contributed by atoms with Crippen LogP contribution in [0.4, 0.5) is 5.69 Å². The van der Waals surface area contributed by atoms with Gasteiger partial charge >= 0.3 is 0 Å². The van der Waals surface area contributed by atoms with Gasteiger partial charge in [0.05, 0.1) is 12.7 Å². The zero-order valence-electron chi connectivity index (χ0n) is 10.8. The maximum absolute atomic E-state index is 12.2. The molecular formula is C14H20N2O. The van der Waals surface area contributed by atoms with Crippen LogP contribution in [0.1, 0.15) is 25.8 Å². The molecule has 1 aliphatic rings. The van der Waals surface area contributed by atoms with Gasteiger partial charge in [-0.2, -0.15) is 0 Å². The Balaban J connectivity index is 2.24. The highest BCUT2D eigenvalue weighted by Crippen LogP contribution is 2.25. The van der Waals surface area contributed by atoms with Gasteiger partial charge in [0.2, 0.25) is 5.91 Å². The van der Waals surface area contributed by atoms with Crippen molar-refractivity contribution in [1.82, 2.24) is 4.90 Å². The van der Waals surface area contributed by atoms with E-state index in [1.807, 2.05) is 30.0 Å². The molecule has 0 aromatic heterocycles. The van der Waals surface area contributed by atoms with E-state index in [0.717, 1.165) is 30.9 Å². The van der Waals surface area contributed by atoms with Crippen molar-refractivity contribution in [3.8, 4) is 0 Å². The molecule has 1 saturated heterocycles. The average Bonchev–Trinajstić information content (AvgIpc) is 2.59. The third-order valence-corrected chi connectivity index (χ3v) is 3.41. The fourth-order valence-corrected chi connectivity index (χ4v) is 2.37. The molecule has 1 aromatic rings. The third-order valence-electron chi connectivity index (χ3n) is 3.41. The minimum Gasteiger partial charge on any atom is -0.297 e. The Morgan fingerprint density at radius 2 is 2.06 bits per heavy atom.